The normalized spacial score (nSPS) is 61.4. The van der Waals surface area contributed by atoms with Crippen molar-refractivity contribution in [3.05, 3.63) is 0 Å². The number of carboxylic acid groups (broad SMARTS) is 1. The van der Waals surface area contributed by atoms with E-state index in [4.69, 9.17) is 0 Å². The number of hydrogen-bond acceptors (Lipinski definition) is 2. The van der Waals surface area contributed by atoms with Gasteiger partial charge in [0, 0.05) is 11.3 Å². The highest BCUT2D eigenvalue weighted by atomic mass is 16.4. The molecule has 0 aromatic rings. The number of carbonyl (C=O) groups excluding carboxylic acids is 1. The van der Waals surface area contributed by atoms with Gasteiger partial charge in [0.05, 0.1) is 5.41 Å². The van der Waals surface area contributed by atoms with Crippen molar-refractivity contribution in [2.75, 3.05) is 0 Å². The maximum absolute atomic E-state index is 11.8. The summed E-state index contributed by atoms with van der Waals surface area (Å²) in [6.45, 7) is 3.59. The van der Waals surface area contributed by atoms with Crippen molar-refractivity contribution in [3.63, 3.8) is 0 Å². The SMILES string of the molecule is CC12CC3C(C1=O)C3C2(C)C(=O)O. The van der Waals surface area contributed by atoms with Gasteiger partial charge < -0.3 is 5.11 Å². The molecule has 0 aromatic carbocycles. The summed E-state index contributed by atoms with van der Waals surface area (Å²) in [7, 11) is 0. The van der Waals surface area contributed by atoms with E-state index in [1.807, 2.05) is 6.92 Å². The second kappa shape index (κ2) is 1.56. The fourth-order valence-electron chi connectivity index (χ4n) is 3.93. The number of Topliss-reactive ketones (excluding diaryl/α,β-unsaturated/α-hetero) is 1. The third-order valence-electron chi connectivity index (χ3n) is 4.92. The molecule has 0 aromatic heterocycles. The highest BCUT2D eigenvalue weighted by Crippen LogP contribution is 2.81. The first-order valence-corrected chi connectivity index (χ1v) is 4.72. The molecular weight excluding hydrogens is 168 g/mol. The molecule has 4 rings (SSSR count). The van der Waals surface area contributed by atoms with E-state index in [-0.39, 0.29) is 17.6 Å². The summed E-state index contributed by atoms with van der Waals surface area (Å²) in [5.74, 6) is 0.0930. The summed E-state index contributed by atoms with van der Waals surface area (Å²) in [5.41, 5.74) is -1.32. The van der Waals surface area contributed by atoms with Crippen molar-refractivity contribution < 1.29 is 14.7 Å². The summed E-state index contributed by atoms with van der Waals surface area (Å²) in [6.07, 6.45) is 0.809. The number of aliphatic carboxylic acids is 1. The summed E-state index contributed by atoms with van der Waals surface area (Å²) in [6, 6.07) is 0. The van der Waals surface area contributed by atoms with Crippen LogP contribution in [-0.4, -0.2) is 16.9 Å². The van der Waals surface area contributed by atoms with Crippen molar-refractivity contribution in [1.82, 2.24) is 0 Å². The zero-order valence-electron chi connectivity index (χ0n) is 7.70. The predicted octanol–water partition coefficient (Wildman–Crippen LogP) is 0.932. The number of ketones is 1. The van der Waals surface area contributed by atoms with Crippen LogP contribution in [0.5, 0.6) is 0 Å². The molecule has 4 bridgehead atoms. The van der Waals surface area contributed by atoms with Gasteiger partial charge in [0.1, 0.15) is 5.78 Å². The van der Waals surface area contributed by atoms with Crippen LogP contribution in [0.25, 0.3) is 0 Å². The molecule has 0 spiro atoms. The lowest BCUT2D eigenvalue weighted by atomic mass is 9.69. The highest BCUT2D eigenvalue weighted by molar-refractivity contribution is 6.03. The Morgan fingerprint density at radius 1 is 1.54 bits per heavy atom. The van der Waals surface area contributed by atoms with Gasteiger partial charge in [0.25, 0.3) is 0 Å². The Hall–Kier alpha value is -0.860. The molecule has 0 radical (unpaired) electrons. The third-order valence-corrected chi connectivity index (χ3v) is 4.92. The molecule has 70 valence electrons. The molecular formula is C10H12O3. The molecule has 3 heteroatoms. The Bertz CT molecular complexity index is 348. The van der Waals surface area contributed by atoms with E-state index in [2.05, 4.69) is 0 Å². The van der Waals surface area contributed by atoms with E-state index >= 15 is 0 Å². The second-order valence-electron chi connectivity index (χ2n) is 5.12. The Balaban J connectivity index is 2.20. The summed E-state index contributed by atoms with van der Waals surface area (Å²) in [4.78, 5) is 23.0. The topological polar surface area (TPSA) is 54.4 Å². The summed E-state index contributed by atoms with van der Waals surface area (Å²) < 4.78 is 0. The minimum Gasteiger partial charge on any atom is -0.481 e. The molecule has 1 N–H and O–H groups in total. The van der Waals surface area contributed by atoms with Crippen LogP contribution >= 0.6 is 0 Å². The van der Waals surface area contributed by atoms with Gasteiger partial charge in [-0.05, 0) is 25.2 Å². The lowest BCUT2D eigenvalue weighted by Gasteiger charge is -2.31. The molecule has 4 saturated carbocycles. The molecule has 3 nitrogen and oxygen atoms in total. The Labute approximate surface area is 76.1 Å². The first-order valence-electron chi connectivity index (χ1n) is 4.72. The number of carboxylic acids is 1. The van der Waals surface area contributed by atoms with Crippen LogP contribution in [0.4, 0.5) is 0 Å². The monoisotopic (exact) mass is 180 g/mol. The zero-order valence-corrected chi connectivity index (χ0v) is 7.70. The fourth-order valence-corrected chi connectivity index (χ4v) is 3.93. The fraction of sp³-hybridized carbons (Fsp3) is 0.800. The van der Waals surface area contributed by atoms with Gasteiger partial charge >= 0.3 is 5.97 Å². The van der Waals surface area contributed by atoms with Crippen LogP contribution < -0.4 is 0 Å². The van der Waals surface area contributed by atoms with Crippen LogP contribution in [-0.2, 0) is 9.59 Å². The van der Waals surface area contributed by atoms with Crippen molar-refractivity contribution in [2.45, 2.75) is 20.3 Å². The Kier molecular flexibility index (Phi) is 0.901. The van der Waals surface area contributed by atoms with Gasteiger partial charge in [-0.3, -0.25) is 9.59 Å². The van der Waals surface area contributed by atoms with E-state index in [1.54, 1.807) is 6.92 Å². The lowest BCUT2D eigenvalue weighted by molar-refractivity contribution is -0.156. The van der Waals surface area contributed by atoms with Gasteiger partial charge in [-0.25, -0.2) is 0 Å². The van der Waals surface area contributed by atoms with E-state index in [0.29, 0.717) is 5.92 Å². The number of hydrogen-bond donors (Lipinski definition) is 1. The van der Waals surface area contributed by atoms with Gasteiger partial charge in [0.15, 0.2) is 0 Å². The molecule has 4 aliphatic rings. The number of rotatable bonds is 1. The maximum Gasteiger partial charge on any atom is 0.310 e. The van der Waals surface area contributed by atoms with Crippen molar-refractivity contribution >= 4 is 11.8 Å². The van der Waals surface area contributed by atoms with E-state index < -0.39 is 16.8 Å². The molecule has 0 heterocycles. The van der Waals surface area contributed by atoms with Crippen molar-refractivity contribution in [1.29, 1.82) is 0 Å². The smallest absolute Gasteiger partial charge is 0.310 e. The standard InChI is InChI=1S/C10H12O3/c1-9-3-4-5(7(9)11)6(4)10(9,2)8(12)13/h4-6H,3H2,1-2H3,(H,12,13). The molecule has 5 unspecified atom stereocenters. The molecule has 4 aliphatic carbocycles. The van der Waals surface area contributed by atoms with E-state index in [9.17, 15) is 14.7 Å². The number of carbonyl (C=O) groups is 2. The van der Waals surface area contributed by atoms with Crippen LogP contribution in [0.3, 0.4) is 0 Å². The summed E-state index contributed by atoms with van der Waals surface area (Å²) in [5, 5.41) is 9.20. The lowest BCUT2D eigenvalue weighted by Crippen LogP contribution is -2.41. The van der Waals surface area contributed by atoms with Crippen molar-refractivity contribution in [3.8, 4) is 0 Å². The Morgan fingerprint density at radius 2 is 2.15 bits per heavy atom. The molecule has 4 fully saturated rings. The van der Waals surface area contributed by atoms with Crippen molar-refractivity contribution in [2.24, 2.45) is 28.6 Å². The average Bonchev–Trinajstić information content (AvgIpc) is 2.54. The van der Waals surface area contributed by atoms with Crippen LogP contribution in [0.2, 0.25) is 0 Å². The third kappa shape index (κ3) is 0.457. The highest BCUT2D eigenvalue weighted by Gasteiger charge is 2.86. The summed E-state index contributed by atoms with van der Waals surface area (Å²) >= 11 is 0. The van der Waals surface area contributed by atoms with E-state index in [1.165, 1.54) is 0 Å². The quantitative estimate of drug-likeness (QED) is 0.653. The molecule has 0 saturated heterocycles. The van der Waals surface area contributed by atoms with Crippen LogP contribution in [0, 0.1) is 28.6 Å². The molecule has 13 heavy (non-hydrogen) atoms. The first-order chi connectivity index (χ1) is 5.94. The average molecular weight is 180 g/mol. The first kappa shape index (κ1) is 7.54. The van der Waals surface area contributed by atoms with E-state index in [0.717, 1.165) is 6.42 Å². The maximum atomic E-state index is 11.8. The minimum absolute atomic E-state index is 0.103. The van der Waals surface area contributed by atoms with Crippen LogP contribution in [0.15, 0.2) is 0 Å². The van der Waals surface area contributed by atoms with Gasteiger partial charge in [-0.2, -0.15) is 0 Å². The molecule has 5 atom stereocenters. The van der Waals surface area contributed by atoms with Gasteiger partial charge in [-0.1, -0.05) is 6.92 Å². The van der Waals surface area contributed by atoms with Gasteiger partial charge in [-0.15, -0.1) is 0 Å². The minimum atomic E-state index is -0.782. The Morgan fingerprint density at radius 3 is 2.31 bits per heavy atom. The molecule has 0 aliphatic heterocycles. The van der Waals surface area contributed by atoms with Crippen LogP contribution in [0.1, 0.15) is 20.3 Å². The molecule has 0 amide bonds. The van der Waals surface area contributed by atoms with Gasteiger partial charge in [0.2, 0.25) is 0 Å². The zero-order chi connectivity index (χ0) is 9.59. The predicted molar refractivity (Wildman–Crippen MR) is 43.9 cm³/mol. The largest absolute Gasteiger partial charge is 0.481 e. The second-order valence-corrected chi connectivity index (χ2v) is 5.12.